The van der Waals surface area contributed by atoms with Crippen LogP contribution in [0.2, 0.25) is 0 Å². The smallest absolute Gasteiger partial charge is 0.224 e. The fourth-order valence-electron chi connectivity index (χ4n) is 1.69. The third-order valence-corrected chi connectivity index (χ3v) is 2.71. The van der Waals surface area contributed by atoms with Crippen molar-refractivity contribution in [2.45, 2.75) is 32.1 Å². The lowest BCUT2D eigenvalue weighted by atomic mass is 10.1. The van der Waals surface area contributed by atoms with E-state index in [1.54, 1.807) is 12.1 Å². The Morgan fingerprint density at radius 3 is 2.74 bits per heavy atom. The van der Waals surface area contributed by atoms with Gasteiger partial charge in [0, 0.05) is 17.9 Å². The summed E-state index contributed by atoms with van der Waals surface area (Å²) in [6.07, 6.45) is 4.11. The van der Waals surface area contributed by atoms with Gasteiger partial charge in [0.25, 0.3) is 0 Å². The van der Waals surface area contributed by atoms with Crippen molar-refractivity contribution in [1.29, 1.82) is 0 Å². The lowest BCUT2D eigenvalue weighted by Crippen LogP contribution is -2.12. The van der Waals surface area contributed by atoms with E-state index in [9.17, 15) is 4.79 Å². The van der Waals surface area contributed by atoms with Gasteiger partial charge in [-0.15, -0.1) is 0 Å². The molecule has 0 heterocycles. The van der Waals surface area contributed by atoms with Crippen molar-refractivity contribution in [3.05, 3.63) is 34.7 Å². The molecule has 0 radical (unpaired) electrons. The summed E-state index contributed by atoms with van der Waals surface area (Å²) in [4.78, 5) is 14.4. The van der Waals surface area contributed by atoms with Crippen molar-refractivity contribution in [3.63, 3.8) is 0 Å². The Bertz CT molecular complexity index is 454. The summed E-state index contributed by atoms with van der Waals surface area (Å²) in [6, 6.07) is 7.20. The van der Waals surface area contributed by atoms with Crippen molar-refractivity contribution >= 4 is 17.3 Å². The van der Waals surface area contributed by atoms with E-state index in [0.29, 0.717) is 24.3 Å². The van der Waals surface area contributed by atoms with E-state index in [1.807, 2.05) is 12.1 Å². The number of nitrogen functional groups attached to an aromatic ring is 1. The van der Waals surface area contributed by atoms with Gasteiger partial charge in [0.05, 0.1) is 11.4 Å². The number of para-hydroxylation sites is 2. The average Bonchev–Trinajstić information content (AvgIpc) is 2.40. The molecule has 0 aliphatic heterocycles. The maximum Gasteiger partial charge on any atom is 0.224 e. The first-order valence-corrected chi connectivity index (χ1v) is 6.39. The lowest BCUT2D eigenvalue weighted by molar-refractivity contribution is -0.116. The lowest BCUT2D eigenvalue weighted by Gasteiger charge is -2.07. The number of hydrogen-bond acceptors (Lipinski definition) is 3. The van der Waals surface area contributed by atoms with E-state index in [0.717, 1.165) is 25.7 Å². The van der Waals surface area contributed by atoms with Crippen LogP contribution in [0.1, 0.15) is 32.1 Å². The second-order valence-corrected chi connectivity index (χ2v) is 4.25. The van der Waals surface area contributed by atoms with E-state index in [1.165, 1.54) is 0 Å². The number of carbonyl (C=O) groups is 1. The SMILES string of the molecule is [N-]=[N+]=NCCCCCCC(=O)Nc1ccccc1N. The number of amides is 1. The van der Waals surface area contributed by atoms with Crippen molar-refractivity contribution in [1.82, 2.24) is 0 Å². The molecule has 3 N–H and O–H groups in total. The van der Waals surface area contributed by atoms with Crippen LogP contribution in [0.25, 0.3) is 10.4 Å². The molecule has 0 atom stereocenters. The molecule has 0 aliphatic carbocycles. The molecule has 102 valence electrons. The number of unbranched alkanes of at least 4 members (excludes halogenated alkanes) is 3. The molecular weight excluding hydrogens is 242 g/mol. The second-order valence-electron chi connectivity index (χ2n) is 4.25. The van der Waals surface area contributed by atoms with Gasteiger partial charge in [-0.3, -0.25) is 4.79 Å². The molecule has 0 aliphatic rings. The predicted octanol–water partition coefficient (Wildman–Crippen LogP) is 3.47. The van der Waals surface area contributed by atoms with Crippen molar-refractivity contribution < 1.29 is 4.79 Å². The van der Waals surface area contributed by atoms with Crippen LogP contribution in [0.5, 0.6) is 0 Å². The minimum absolute atomic E-state index is 0.0204. The van der Waals surface area contributed by atoms with Crippen LogP contribution in [-0.2, 0) is 4.79 Å². The molecular formula is C13H19N5O. The number of carbonyl (C=O) groups excluding carboxylic acids is 1. The zero-order chi connectivity index (χ0) is 13.9. The minimum Gasteiger partial charge on any atom is -0.397 e. The maximum absolute atomic E-state index is 11.7. The molecule has 0 aromatic heterocycles. The van der Waals surface area contributed by atoms with Crippen molar-refractivity contribution in [2.24, 2.45) is 5.11 Å². The molecule has 0 saturated heterocycles. The van der Waals surface area contributed by atoms with E-state index in [2.05, 4.69) is 15.3 Å². The maximum atomic E-state index is 11.7. The molecule has 0 unspecified atom stereocenters. The second kappa shape index (κ2) is 8.83. The number of anilines is 2. The Balaban J connectivity index is 2.15. The van der Waals surface area contributed by atoms with Crippen LogP contribution >= 0.6 is 0 Å². The number of nitrogens with one attached hydrogen (secondary N) is 1. The van der Waals surface area contributed by atoms with Gasteiger partial charge in [0.2, 0.25) is 5.91 Å². The molecule has 1 rings (SSSR count). The molecule has 0 spiro atoms. The summed E-state index contributed by atoms with van der Waals surface area (Å²) in [7, 11) is 0. The molecule has 0 bridgehead atoms. The Hall–Kier alpha value is -2.20. The summed E-state index contributed by atoms with van der Waals surface area (Å²) >= 11 is 0. The topological polar surface area (TPSA) is 104 Å². The summed E-state index contributed by atoms with van der Waals surface area (Å²) in [5, 5.41) is 6.25. The van der Waals surface area contributed by atoms with Gasteiger partial charge in [-0.2, -0.15) is 0 Å². The van der Waals surface area contributed by atoms with Gasteiger partial charge >= 0.3 is 0 Å². The van der Waals surface area contributed by atoms with Crippen LogP contribution in [-0.4, -0.2) is 12.5 Å². The van der Waals surface area contributed by atoms with Gasteiger partial charge in [-0.1, -0.05) is 30.1 Å². The molecule has 19 heavy (non-hydrogen) atoms. The highest BCUT2D eigenvalue weighted by Gasteiger charge is 2.04. The summed E-state index contributed by atoms with van der Waals surface area (Å²) in [6.45, 7) is 0.531. The first kappa shape index (κ1) is 14.9. The molecule has 0 fully saturated rings. The van der Waals surface area contributed by atoms with Crippen LogP contribution in [0.15, 0.2) is 29.4 Å². The normalized spacial score (nSPS) is 9.68. The largest absolute Gasteiger partial charge is 0.397 e. The number of benzene rings is 1. The van der Waals surface area contributed by atoms with Gasteiger partial charge in [-0.25, -0.2) is 0 Å². The zero-order valence-corrected chi connectivity index (χ0v) is 10.9. The zero-order valence-electron chi connectivity index (χ0n) is 10.9. The van der Waals surface area contributed by atoms with Crippen LogP contribution in [0, 0.1) is 0 Å². The molecule has 6 nitrogen and oxygen atoms in total. The van der Waals surface area contributed by atoms with Gasteiger partial charge in [0.15, 0.2) is 0 Å². The standard InChI is InChI=1S/C13H19N5O/c14-11-7-4-5-8-12(11)17-13(19)9-3-1-2-6-10-16-18-15/h4-5,7-8H,1-3,6,9-10,14H2,(H,17,19). The number of nitrogens with two attached hydrogens (primary N) is 1. The highest BCUT2D eigenvalue weighted by Crippen LogP contribution is 2.17. The number of rotatable bonds is 8. The van der Waals surface area contributed by atoms with Crippen LogP contribution in [0.4, 0.5) is 11.4 Å². The highest BCUT2D eigenvalue weighted by molar-refractivity contribution is 5.93. The van der Waals surface area contributed by atoms with Crippen LogP contribution < -0.4 is 11.1 Å². The first-order chi connectivity index (χ1) is 9.24. The van der Waals surface area contributed by atoms with E-state index in [-0.39, 0.29) is 5.91 Å². The van der Waals surface area contributed by atoms with Crippen molar-refractivity contribution in [2.75, 3.05) is 17.6 Å². The monoisotopic (exact) mass is 261 g/mol. The Labute approximate surface area is 112 Å². The van der Waals surface area contributed by atoms with Crippen molar-refractivity contribution in [3.8, 4) is 0 Å². The van der Waals surface area contributed by atoms with E-state index in [4.69, 9.17) is 11.3 Å². The van der Waals surface area contributed by atoms with Gasteiger partial charge < -0.3 is 11.1 Å². The highest BCUT2D eigenvalue weighted by atomic mass is 16.1. The van der Waals surface area contributed by atoms with Gasteiger partial charge in [-0.05, 0) is 30.5 Å². The first-order valence-electron chi connectivity index (χ1n) is 6.39. The quantitative estimate of drug-likeness (QED) is 0.246. The number of hydrogen-bond donors (Lipinski definition) is 2. The summed E-state index contributed by atoms with van der Waals surface area (Å²) in [5.74, 6) is -0.0204. The minimum atomic E-state index is -0.0204. The molecule has 1 aromatic carbocycles. The number of azide groups is 1. The van der Waals surface area contributed by atoms with E-state index >= 15 is 0 Å². The summed E-state index contributed by atoms with van der Waals surface area (Å²) < 4.78 is 0. The molecule has 0 saturated carbocycles. The Kier molecular flexibility index (Phi) is 6.90. The Morgan fingerprint density at radius 1 is 1.26 bits per heavy atom. The number of nitrogens with zero attached hydrogens (tertiary/aromatic N) is 3. The predicted molar refractivity (Wildman–Crippen MR) is 76.6 cm³/mol. The molecule has 6 heteroatoms. The average molecular weight is 261 g/mol. The summed E-state index contributed by atoms with van der Waals surface area (Å²) in [5.41, 5.74) is 15.1. The molecule has 1 aromatic rings. The fourth-order valence-corrected chi connectivity index (χ4v) is 1.69. The van der Waals surface area contributed by atoms with Gasteiger partial charge in [0.1, 0.15) is 0 Å². The van der Waals surface area contributed by atoms with E-state index < -0.39 is 0 Å². The Morgan fingerprint density at radius 2 is 2.00 bits per heavy atom. The van der Waals surface area contributed by atoms with Crippen LogP contribution in [0.3, 0.4) is 0 Å². The fraction of sp³-hybridized carbons (Fsp3) is 0.462. The third-order valence-electron chi connectivity index (χ3n) is 2.71. The third kappa shape index (κ3) is 6.33. The molecule has 1 amide bonds.